The van der Waals surface area contributed by atoms with E-state index in [0.717, 1.165) is 36.1 Å². The molecule has 0 spiro atoms. The number of fused-ring (bicyclic) bond motifs is 4. The van der Waals surface area contributed by atoms with Crippen LogP contribution in [0.5, 0.6) is 0 Å². The Labute approximate surface area is 221 Å². The lowest BCUT2D eigenvalue weighted by Gasteiger charge is -2.61. The first-order chi connectivity index (χ1) is 14.1. The van der Waals surface area contributed by atoms with Gasteiger partial charge in [-0.3, -0.25) is 4.90 Å². The molecule has 2 aromatic rings. The van der Waals surface area contributed by atoms with Gasteiger partial charge in [-0.1, -0.05) is 67.0 Å². The number of nitrogens with zero attached hydrogens (tertiary/aromatic N) is 1. The van der Waals surface area contributed by atoms with Gasteiger partial charge >= 0.3 is 0 Å². The summed E-state index contributed by atoms with van der Waals surface area (Å²) in [4.78, 5) is 2.65. The first-order valence-electron chi connectivity index (χ1n) is 10.8. The van der Waals surface area contributed by atoms with E-state index in [-0.39, 0.29) is 41.7 Å². The number of nitrogen functional groups attached to an aromatic ring is 1. The highest BCUT2D eigenvalue weighted by molar-refractivity contribution is 9.11. The number of rotatable bonds is 5. The van der Waals surface area contributed by atoms with Crippen LogP contribution in [0.25, 0.3) is 0 Å². The summed E-state index contributed by atoms with van der Waals surface area (Å²) in [6, 6.07) is 13.0. The molecule has 3 atom stereocenters. The summed E-state index contributed by atoms with van der Waals surface area (Å²) < 4.78 is 8.38. The van der Waals surface area contributed by atoms with Crippen molar-refractivity contribution in [2.24, 2.45) is 5.41 Å². The molecule has 3 nitrogen and oxygen atoms in total. The molecular weight excluding hydrogens is 575 g/mol. The second kappa shape index (κ2) is 10.5. The van der Waals surface area contributed by atoms with Gasteiger partial charge in [-0.05, 0) is 70.4 Å². The molecule has 178 valence electrons. The van der Waals surface area contributed by atoms with Crippen molar-refractivity contribution in [2.45, 2.75) is 64.7 Å². The predicted octanol–water partition coefficient (Wildman–Crippen LogP) is 7.16. The van der Waals surface area contributed by atoms with Gasteiger partial charge in [-0.15, -0.1) is 24.8 Å². The quantitative estimate of drug-likeness (QED) is 0.366. The lowest BCUT2D eigenvalue weighted by atomic mass is 9.51. The van der Waals surface area contributed by atoms with Crippen LogP contribution in [0.3, 0.4) is 0 Å². The average molecular weight is 609 g/mol. The Bertz CT molecular complexity index is 941. The number of benzene rings is 2. The Morgan fingerprint density at radius 2 is 1.78 bits per heavy atom. The number of piperidine rings is 1. The topological polar surface area (TPSA) is 38.5 Å². The van der Waals surface area contributed by atoms with Crippen molar-refractivity contribution >= 4 is 62.4 Å². The zero-order valence-corrected chi connectivity index (χ0v) is 24.0. The number of nitrogens with two attached hydrogens (primary N) is 1. The summed E-state index contributed by atoms with van der Waals surface area (Å²) in [7, 11) is 0. The van der Waals surface area contributed by atoms with Crippen molar-refractivity contribution in [3.05, 3.63) is 62.0 Å². The van der Waals surface area contributed by atoms with E-state index in [2.05, 4.69) is 94.8 Å². The fourth-order valence-corrected chi connectivity index (χ4v) is 7.28. The van der Waals surface area contributed by atoms with Gasteiger partial charge in [0.15, 0.2) is 0 Å². The van der Waals surface area contributed by atoms with Crippen molar-refractivity contribution in [2.75, 3.05) is 18.8 Å². The van der Waals surface area contributed by atoms with E-state index >= 15 is 0 Å². The van der Waals surface area contributed by atoms with E-state index < -0.39 is 0 Å². The minimum absolute atomic E-state index is 0. The molecule has 3 unspecified atom stereocenters. The molecule has 2 bridgehead atoms. The molecular formula is C25H34Br2Cl2N2O. The second-order valence-corrected chi connectivity index (χ2v) is 11.4. The highest BCUT2D eigenvalue weighted by atomic mass is 79.9. The summed E-state index contributed by atoms with van der Waals surface area (Å²) in [5.74, 6) is 0. The molecule has 0 aromatic heterocycles. The third kappa shape index (κ3) is 4.76. The van der Waals surface area contributed by atoms with Crippen LogP contribution in [0.4, 0.5) is 5.69 Å². The van der Waals surface area contributed by atoms with Gasteiger partial charge in [0, 0.05) is 32.6 Å². The summed E-state index contributed by atoms with van der Waals surface area (Å²) in [6.07, 6.45) is 2.28. The number of anilines is 1. The first kappa shape index (κ1) is 27.9. The molecule has 7 heteroatoms. The summed E-state index contributed by atoms with van der Waals surface area (Å²) in [5, 5.41) is 0. The maximum atomic E-state index is 6.57. The molecule has 0 saturated carbocycles. The van der Waals surface area contributed by atoms with Crippen molar-refractivity contribution in [1.29, 1.82) is 0 Å². The largest absolute Gasteiger partial charge is 0.398 e. The Morgan fingerprint density at radius 3 is 2.44 bits per heavy atom. The number of likely N-dealkylation sites (tertiary alicyclic amines) is 1. The summed E-state index contributed by atoms with van der Waals surface area (Å²) >= 11 is 7.52. The maximum absolute atomic E-state index is 6.57. The van der Waals surface area contributed by atoms with E-state index in [1.165, 1.54) is 21.2 Å². The van der Waals surface area contributed by atoms with Gasteiger partial charge in [-0.2, -0.15) is 0 Å². The van der Waals surface area contributed by atoms with Gasteiger partial charge in [0.2, 0.25) is 0 Å². The van der Waals surface area contributed by atoms with Crippen LogP contribution in [-0.4, -0.2) is 30.1 Å². The molecule has 4 rings (SSSR count). The van der Waals surface area contributed by atoms with Gasteiger partial charge in [0.25, 0.3) is 0 Å². The van der Waals surface area contributed by atoms with E-state index in [0.29, 0.717) is 12.6 Å². The zero-order valence-electron chi connectivity index (χ0n) is 19.2. The first-order valence-corrected chi connectivity index (χ1v) is 12.4. The molecule has 2 aromatic carbocycles. The predicted molar refractivity (Wildman–Crippen MR) is 146 cm³/mol. The Hall–Kier alpha value is -0.300. The SMILES string of the molecule is CC(CN1CCC2(C)c3c(Br)cc(Br)c(N)c3CC1C2(C)C)OCc1ccccc1.Cl.Cl. The lowest BCUT2D eigenvalue weighted by Crippen LogP contribution is -2.64. The minimum atomic E-state index is 0. The molecule has 1 aliphatic carbocycles. The monoisotopic (exact) mass is 606 g/mol. The standard InChI is InChI=1S/C25H32Br2N2O.2ClH/c1-16(30-15-17-8-6-5-7-9-17)14-29-11-10-25(4)22-18(12-21(29)24(25,2)3)23(28)20(27)13-19(22)26;;/h5-9,13,16,21H,10-12,14-15,28H2,1-4H3;2*1H. The molecule has 1 heterocycles. The number of halogens is 4. The summed E-state index contributed by atoms with van der Waals surface area (Å²) in [5.41, 5.74) is 11.6. The van der Waals surface area contributed by atoms with E-state index in [4.69, 9.17) is 10.5 Å². The molecule has 32 heavy (non-hydrogen) atoms. The third-order valence-corrected chi connectivity index (χ3v) is 9.07. The molecule has 1 saturated heterocycles. The highest BCUT2D eigenvalue weighted by Crippen LogP contribution is 2.59. The summed E-state index contributed by atoms with van der Waals surface area (Å²) in [6.45, 7) is 12.2. The fraction of sp³-hybridized carbons (Fsp3) is 0.520. The van der Waals surface area contributed by atoms with Crippen LogP contribution in [0, 0.1) is 5.41 Å². The van der Waals surface area contributed by atoms with Crippen LogP contribution >= 0.6 is 56.7 Å². The Balaban J connectivity index is 0.00000181. The van der Waals surface area contributed by atoms with Crippen LogP contribution in [-0.2, 0) is 23.2 Å². The van der Waals surface area contributed by atoms with Gasteiger partial charge in [0.05, 0.1) is 12.7 Å². The van der Waals surface area contributed by atoms with Crippen LogP contribution in [0.1, 0.15) is 50.8 Å². The molecule has 0 amide bonds. The van der Waals surface area contributed by atoms with Gasteiger partial charge in [-0.25, -0.2) is 0 Å². The maximum Gasteiger partial charge on any atom is 0.0721 e. The van der Waals surface area contributed by atoms with E-state index in [1.807, 2.05) is 6.07 Å². The third-order valence-electron chi connectivity index (χ3n) is 7.79. The zero-order chi connectivity index (χ0) is 21.7. The Morgan fingerprint density at radius 1 is 1.12 bits per heavy atom. The van der Waals surface area contributed by atoms with Crippen LogP contribution < -0.4 is 5.73 Å². The average Bonchev–Trinajstić information content (AvgIpc) is 2.69. The second-order valence-electron chi connectivity index (χ2n) is 9.73. The highest BCUT2D eigenvalue weighted by Gasteiger charge is 2.57. The van der Waals surface area contributed by atoms with E-state index in [1.54, 1.807) is 0 Å². The lowest BCUT2D eigenvalue weighted by molar-refractivity contribution is -0.0649. The number of hydrogen-bond acceptors (Lipinski definition) is 3. The van der Waals surface area contributed by atoms with Crippen molar-refractivity contribution in [3.63, 3.8) is 0 Å². The fourth-order valence-electron chi connectivity index (χ4n) is 5.60. The van der Waals surface area contributed by atoms with E-state index in [9.17, 15) is 0 Å². The number of ether oxygens (including phenoxy) is 1. The van der Waals surface area contributed by atoms with Crippen molar-refractivity contribution < 1.29 is 4.74 Å². The van der Waals surface area contributed by atoms with Crippen molar-refractivity contribution in [1.82, 2.24) is 4.90 Å². The molecule has 1 aliphatic heterocycles. The normalized spacial score (nSPS) is 24.6. The molecule has 2 N–H and O–H groups in total. The van der Waals surface area contributed by atoms with Crippen LogP contribution in [0.2, 0.25) is 0 Å². The van der Waals surface area contributed by atoms with Gasteiger partial charge < -0.3 is 10.5 Å². The molecule has 1 fully saturated rings. The molecule has 2 aliphatic rings. The van der Waals surface area contributed by atoms with Crippen LogP contribution in [0.15, 0.2) is 45.3 Å². The smallest absolute Gasteiger partial charge is 0.0721 e. The Kier molecular flexibility index (Phi) is 9.20. The van der Waals surface area contributed by atoms with Crippen molar-refractivity contribution in [3.8, 4) is 0 Å². The molecule has 0 radical (unpaired) electrons. The number of hydrogen-bond donors (Lipinski definition) is 1. The minimum Gasteiger partial charge on any atom is -0.398 e. The van der Waals surface area contributed by atoms with Gasteiger partial charge in [0.1, 0.15) is 0 Å².